The van der Waals surface area contributed by atoms with Crippen LogP contribution in [0.25, 0.3) is 10.9 Å². The van der Waals surface area contributed by atoms with Gasteiger partial charge < -0.3 is 14.6 Å². The van der Waals surface area contributed by atoms with E-state index in [0.717, 1.165) is 23.9 Å². The summed E-state index contributed by atoms with van der Waals surface area (Å²) in [7, 11) is 1.52. The number of carbonyl (C=O) groups is 2. The number of ketones is 1. The van der Waals surface area contributed by atoms with Crippen LogP contribution in [0.15, 0.2) is 36.7 Å². The summed E-state index contributed by atoms with van der Waals surface area (Å²) in [6.45, 7) is 1.41. The molecule has 0 spiro atoms. The molecule has 0 radical (unpaired) electrons. The summed E-state index contributed by atoms with van der Waals surface area (Å²) in [4.78, 5) is 32.9. The highest BCUT2D eigenvalue weighted by molar-refractivity contribution is 6.03. The molecule has 3 aromatic rings. The number of ether oxygens (including phenoxy) is 1. The van der Waals surface area contributed by atoms with Gasteiger partial charge in [-0.1, -0.05) is 12.1 Å². The zero-order valence-electron chi connectivity index (χ0n) is 14.4. The van der Waals surface area contributed by atoms with Crippen LogP contribution in [0.2, 0.25) is 0 Å². The Labute approximate surface area is 150 Å². The molecule has 0 atom stereocenters. The molecule has 1 aliphatic heterocycles. The maximum Gasteiger partial charge on any atom is 0.267 e. The van der Waals surface area contributed by atoms with E-state index in [4.69, 9.17) is 4.74 Å². The third-order valence-electron chi connectivity index (χ3n) is 4.55. The van der Waals surface area contributed by atoms with Crippen LogP contribution >= 0.6 is 0 Å². The van der Waals surface area contributed by atoms with E-state index in [9.17, 15) is 9.59 Å². The van der Waals surface area contributed by atoms with Crippen LogP contribution in [-0.2, 0) is 13.0 Å². The number of nitrogens with one attached hydrogen (secondary N) is 1. The number of hydrogen-bond acceptors (Lipinski definition) is 5. The Bertz CT molecular complexity index is 1010. The van der Waals surface area contributed by atoms with E-state index in [1.165, 1.54) is 13.4 Å². The average Bonchev–Trinajstić information content (AvgIpc) is 2.93. The van der Waals surface area contributed by atoms with Gasteiger partial charge in [0.2, 0.25) is 5.88 Å². The fraction of sp³-hybridized carbons (Fsp3) is 0.263. The van der Waals surface area contributed by atoms with Gasteiger partial charge in [-0.25, -0.2) is 9.97 Å². The van der Waals surface area contributed by atoms with Gasteiger partial charge in [0, 0.05) is 35.6 Å². The van der Waals surface area contributed by atoms with Crippen molar-refractivity contribution < 1.29 is 14.3 Å². The number of benzene rings is 1. The number of aryl methyl sites for hydroxylation is 1. The van der Waals surface area contributed by atoms with Gasteiger partial charge in [0.1, 0.15) is 12.0 Å². The molecule has 26 heavy (non-hydrogen) atoms. The molecule has 0 aliphatic carbocycles. The highest BCUT2D eigenvalue weighted by Crippen LogP contribution is 2.24. The monoisotopic (exact) mass is 350 g/mol. The molecule has 2 aromatic heterocycles. The Morgan fingerprint density at radius 2 is 2.15 bits per heavy atom. The number of Topliss-reactive ketones (excluding diaryl/α,β-unsaturated/α-hetero) is 1. The van der Waals surface area contributed by atoms with Crippen molar-refractivity contribution in [1.82, 2.24) is 19.9 Å². The lowest BCUT2D eigenvalue weighted by molar-refractivity contribution is 0.0950. The van der Waals surface area contributed by atoms with E-state index in [-0.39, 0.29) is 18.1 Å². The van der Waals surface area contributed by atoms with Crippen LogP contribution in [0.1, 0.15) is 33.0 Å². The summed E-state index contributed by atoms with van der Waals surface area (Å²) in [6.07, 6.45) is 2.41. The molecule has 7 heteroatoms. The summed E-state index contributed by atoms with van der Waals surface area (Å²) in [5.41, 5.74) is 2.75. The van der Waals surface area contributed by atoms with Gasteiger partial charge >= 0.3 is 0 Å². The van der Waals surface area contributed by atoms with E-state index in [1.54, 1.807) is 12.1 Å². The van der Waals surface area contributed by atoms with Gasteiger partial charge in [-0.2, -0.15) is 0 Å². The molecule has 3 heterocycles. The second-order valence-corrected chi connectivity index (χ2v) is 6.22. The molecule has 4 rings (SSSR count). The fourth-order valence-corrected chi connectivity index (χ4v) is 3.24. The molecule has 0 saturated heterocycles. The number of aromatic nitrogens is 3. The van der Waals surface area contributed by atoms with Crippen LogP contribution in [0.3, 0.4) is 0 Å². The molecule has 0 fully saturated rings. The van der Waals surface area contributed by atoms with E-state index in [2.05, 4.69) is 15.3 Å². The summed E-state index contributed by atoms with van der Waals surface area (Å²) < 4.78 is 7.06. The topological polar surface area (TPSA) is 86.1 Å². The Hall–Kier alpha value is -3.22. The van der Waals surface area contributed by atoms with Gasteiger partial charge in [-0.3, -0.25) is 9.59 Å². The Morgan fingerprint density at radius 1 is 1.27 bits per heavy atom. The third kappa shape index (κ3) is 2.92. The summed E-state index contributed by atoms with van der Waals surface area (Å²) >= 11 is 0. The molecule has 0 unspecified atom stereocenters. The van der Waals surface area contributed by atoms with Crippen LogP contribution in [-0.4, -0.2) is 39.9 Å². The zero-order valence-corrected chi connectivity index (χ0v) is 14.4. The predicted molar refractivity (Wildman–Crippen MR) is 95.5 cm³/mol. The quantitative estimate of drug-likeness (QED) is 0.727. The van der Waals surface area contributed by atoms with Gasteiger partial charge in [-0.05, 0) is 18.6 Å². The first-order valence-electron chi connectivity index (χ1n) is 8.45. The van der Waals surface area contributed by atoms with E-state index >= 15 is 0 Å². The first kappa shape index (κ1) is 16.3. The highest BCUT2D eigenvalue weighted by Gasteiger charge is 2.19. The van der Waals surface area contributed by atoms with E-state index in [0.29, 0.717) is 29.4 Å². The number of amides is 1. The Kier molecular flexibility index (Phi) is 4.12. The standard InChI is InChI=1S/C19H18N4O3/c1-26-18-10-14(21-11-22-18)9-17(24)13-4-3-12-7-16-19(25)20-5-2-6-23(16)15(12)8-13/h3-4,7-8,10-11H,2,5-6,9H2,1H3,(H,20,25). The van der Waals surface area contributed by atoms with Crippen molar-refractivity contribution in [3.8, 4) is 5.88 Å². The summed E-state index contributed by atoms with van der Waals surface area (Å²) in [5.74, 6) is 0.321. The van der Waals surface area contributed by atoms with Crippen molar-refractivity contribution in [3.05, 3.63) is 53.6 Å². The largest absolute Gasteiger partial charge is 0.481 e. The van der Waals surface area contributed by atoms with Crippen LogP contribution < -0.4 is 10.1 Å². The van der Waals surface area contributed by atoms with Gasteiger partial charge in [0.15, 0.2) is 5.78 Å². The molecular weight excluding hydrogens is 332 g/mol. The van der Waals surface area contributed by atoms with Crippen molar-refractivity contribution in [3.63, 3.8) is 0 Å². The molecule has 7 nitrogen and oxygen atoms in total. The third-order valence-corrected chi connectivity index (χ3v) is 4.55. The maximum atomic E-state index is 12.7. The smallest absolute Gasteiger partial charge is 0.267 e. The normalized spacial score (nSPS) is 13.8. The SMILES string of the molecule is COc1cc(CC(=O)c2ccc3cc4n(c3c2)CCCNC4=O)ncn1. The molecule has 0 bridgehead atoms. The number of carbonyl (C=O) groups excluding carboxylic acids is 2. The second-order valence-electron chi connectivity index (χ2n) is 6.22. The molecule has 1 amide bonds. The lowest BCUT2D eigenvalue weighted by atomic mass is 10.0. The minimum atomic E-state index is -0.0698. The van der Waals surface area contributed by atoms with Gasteiger partial charge in [0.05, 0.1) is 19.2 Å². The first-order chi connectivity index (χ1) is 12.7. The molecule has 1 aromatic carbocycles. The maximum absolute atomic E-state index is 12.7. The summed E-state index contributed by atoms with van der Waals surface area (Å²) in [6, 6.07) is 9.07. The van der Waals surface area contributed by atoms with E-state index in [1.807, 2.05) is 22.8 Å². The number of nitrogens with zero attached hydrogens (tertiary/aromatic N) is 3. The number of hydrogen-bond donors (Lipinski definition) is 1. The average molecular weight is 350 g/mol. The first-order valence-corrected chi connectivity index (χ1v) is 8.45. The highest BCUT2D eigenvalue weighted by atomic mass is 16.5. The predicted octanol–water partition coefficient (Wildman–Crippen LogP) is 2.00. The van der Waals surface area contributed by atoms with Gasteiger partial charge in [0.25, 0.3) is 5.91 Å². The van der Waals surface area contributed by atoms with Crippen molar-refractivity contribution >= 4 is 22.6 Å². The van der Waals surface area contributed by atoms with Crippen molar-refractivity contribution in [2.45, 2.75) is 19.4 Å². The van der Waals surface area contributed by atoms with Crippen molar-refractivity contribution in [2.75, 3.05) is 13.7 Å². The minimum Gasteiger partial charge on any atom is -0.481 e. The molecule has 1 N–H and O–H groups in total. The minimum absolute atomic E-state index is 0.0405. The lowest BCUT2D eigenvalue weighted by Crippen LogP contribution is -2.22. The fourth-order valence-electron chi connectivity index (χ4n) is 3.24. The van der Waals surface area contributed by atoms with E-state index < -0.39 is 0 Å². The lowest BCUT2D eigenvalue weighted by Gasteiger charge is -2.07. The molecule has 132 valence electrons. The zero-order chi connectivity index (χ0) is 18.1. The second kappa shape index (κ2) is 6.59. The molecule has 0 saturated carbocycles. The van der Waals surface area contributed by atoms with Crippen LogP contribution in [0.5, 0.6) is 5.88 Å². The number of fused-ring (bicyclic) bond motifs is 3. The van der Waals surface area contributed by atoms with Crippen molar-refractivity contribution in [2.24, 2.45) is 0 Å². The summed E-state index contributed by atoms with van der Waals surface area (Å²) in [5, 5.41) is 3.85. The molecular formula is C19H18N4O3. The molecule has 1 aliphatic rings. The van der Waals surface area contributed by atoms with Crippen LogP contribution in [0.4, 0.5) is 0 Å². The number of methoxy groups -OCH3 is 1. The van der Waals surface area contributed by atoms with Gasteiger partial charge in [-0.15, -0.1) is 0 Å². The Balaban J connectivity index is 1.67. The Morgan fingerprint density at radius 3 is 3.00 bits per heavy atom. The van der Waals surface area contributed by atoms with Crippen LogP contribution in [0, 0.1) is 0 Å². The van der Waals surface area contributed by atoms with Crippen molar-refractivity contribution in [1.29, 1.82) is 0 Å². The number of rotatable bonds is 4.